The molecule has 1 aromatic carbocycles. The summed E-state index contributed by atoms with van der Waals surface area (Å²) in [6, 6.07) is 8.24. The average Bonchev–Trinajstić information content (AvgIpc) is 3.09. The van der Waals surface area contributed by atoms with Crippen molar-refractivity contribution in [2.24, 2.45) is 18.9 Å². The highest BCUT2D eigenvalue weighted by molar-refractivity contribution is 6.05. The lowest BCUT2D eigenvalue weighted by atomic mass is 9.85. The van der Waals surface area contributed by atoms with E-state index >= 15 is 0 Å². The van der Waals surface area contributed by atoms with Crippen LogP contribution in [0.25, 0.3) is 10.9 Å². The first-order valence-corrected chi connectivity index (χ1v) is 9.19. The summed E-state index contributed by atoms with van der Waals surface area (Å²) in [4.78, 5) is 29.3. The van der Waals surface area contributed by atoms with Crippen LogP contribution in [0, 0.1) is 11.8 Å². The predicted octanol–water partition coefficient (Wildman–Crippen LogP) is 2.73. The number of fused-ring (bicyclic) bond motifs is 2. The fourth-order valence-electron chi connectivity index (χ4n) is 4.40. The lowest BCUT2D eigenvalue weighted by molar-refractivity contribution is -0.140. The Morgan fingerprint density at radius 3 is 2.31 bits per heavy atom. The van der Waals surface area contributed by atoms with Crippen LogP contribution in [0.5, 0.6) is 0 Å². The highest BCUT2D eigenvalue weighted by Gasteiger charge is 2.47. The number of nitrogens with zero attached hydrogens (tertiary/aromatic N) is 3. The predicted molar refractivity (Wildman–Crippen MR) is 101 cm³/mol. The SMILES string of the molecule is CN(C)[C@@H](CN1C(=O)[C@H]2CC=CC[C@@H]2C1=O)c1cn(C)c2ccccc12. The molecular weight excluding hydrogens is 326 g/mol. The zero-order valence-corrected chi connectivity index (χ0v) is 15.6. The molecule has 5 heteroatoms. The number of aryl methyl sites for hydroxylation is 1. The zero-order chi connectivity index (χ0) is 18.4. The molecule has 1 fully saturated rings. The molecule has 3 atom stereocenters. The van der Waals surface area contributed by atoms with Crippen molar-refractivity contribution in [1.29, 1.82) is 0 Å². The Balaban J connectivity index is 1.68. The van der Waals surface area contributed by atoms with E-state index < -0.39 is 0 Å². The van der Waals surface area contributed by atoms with Gasteiger partial charge in [-0.05, 0) is 38.6 Å². The van der Waals surface area contributed by atoms with Crippen molar-refractivity contribution in [3.63, 3.8) is 0 Å². The minimum atomic E-state index is -0.164. The van der Waals surface area contributed by atoms with E-state index in [1.807, 2.05) is 45.4 Å². The van der Waals surface area contributed by atoms with Gasteiger partial charge in [-0.15, -0.1) is 0 Å². The standard InChI is InChI=1S/C21H25N3O2/c1-22(2)19(17-12-23(3)18-11-7-6-8-14(17)18)13-24-20(25)15-9-4-5-10-16(15)21(24)26/h4-8,11-12,15-16,19H,9-10,13H2,1-3H3/t15-,16-,19-/m0/s1. The molecule has 2 amide bonds. The number of carbonyl (C=O) groups excluding carboxylic acids is 2. The molecule has 4 rings (SSSR count). The monoisotopic (exact) mass is 351 g/mol. The van der Waals surface area contributed by atoms with Crippen molar-refractivity contribution in [1.82, 2.24) is 14.4 Å². The molecule has 5 nitrogen and oxygen atoms in total. The first-order valence-electron chi connectivity index (χ1n) is 9.19. The molecule has 0 unspecified atom stereocenters. The number of hydrogen-bond acceptors (Lipinski definition) is 3. The second-order valence-corrected chi connectivity index (χ2v) is 7.63. The number of benzene rings is 1. The molecule has 0 radical (unpaired) electrons. The summed E-state index contributed by atoms with van der Waals surface area (Å²) in [5, 5.41) is 1.17. The number of imide groups is 1. The number of rotatable bonds is 4. The number of para-hydroxylation sites is 1. The number of hydrogen-bond donors (Lipinski definition) is 0. The molecular formula is C21H25N3O2. The van der Waals surface area contributed by atoms with Crippen LogP contribution in [0.4, 0.5) is 0 Å². The molecule has 2 aromatic rings. The Bertz CT molecular complexity index is 870. The third-order valence-corrected chi connectivity index (χ3v) is 5.86. The molecule has 2 heterocycles. The van der Waals surface area contributed by atoms with E-state index in [4.69, 9.17) is 0 Å². The summed E-state index contributed by atoms with van der Waals surface area (Å²) in [6.07, 6.45) is 7.56. The van der Waals surface area contributed by atoms with Gasteiger partial charge < -0.3 is 9.47 Å². The van der Waals surface area contributed by atoms with Gasteiger partial charge in [-0.25, -0.2) is 0 Å². The average molecular weight is 351 g/mol. The van der Waals surface area contributed by atoms with Crippen LogP contribution in [0.15, 0.2) is 42.6 Å². The molecule has 1 aliphatic heterocycles. The molecule has 0 N–H and O–H groups in total. The summed E-state index contributed by atoms with van der Waals surface area (Å²) in [7, 11) is 6.04. The van der Waals surface area contributed by atoms with E-state index in [0.29, 0.717) is 19.4 Å². The lowest BCUT2D eigenvalue weighted by Crippen LogP contribution is -2.39. The third-order valence-electron chi connectivity index (χ3n) is 5.86. The lowest BCUT2D eigenvalue weighted by Gasteiger charge is -2.28. The van der Waals surface area contributed by atoms with Crippen LogP contribution in [0.3, 0.4) is 0 Å². The van der Waals surface area contributed by atoms with Gasteiger partial charge in [-0.2, -0.15) is 0 Å². The van der Waals surface area contributed by atoms with Crippen molar-refractivity contribution < 1.29 is 9.59 Å². The number of carbonyl (C=O) groups is 2. The first kappa shape index (κ1) is 17.0. The molecule has 0 saturated carbocycles. The molecule has 1 aliphatic carbocycles. The molecule has 0 spiro atoms. The Labute approximate surface area is 153 Å². The minimum Gasteiger partial charge on any atom is -0.350 e. The van der Waals surface area contributed by atoms with Crippen molar-refractivity contribution in [2.75, 3.05) is 20.6 Å². The van der Waals surface area contributed by atoms with Crippen LogP contribution in [-0.4, -0.2) is 46.8 Å². The summed E-state index contributed by atoms with van der Waals surface area (Å²) in [6.45, 7) is 0.408. The first-order chi connectivity index (χ1) is 12.5. The van der Waals surface area contributed by atoms with Gasteiger partial charge >= 0.3 is 0 Å². The van der Waals surface area contributed by atoms with Crippen LogP contribution in [0.2, 0.25) is 0 Å². The fraction of sp³-hybridized carbons (Fsp3) is 0.429. The Morgan fingerprint density at radius 2 is 1.69 bits per heavy atom. The number of likely N-dealkylation sites (tertiary alicyclic amines) is 1. The van der Waals surface area contributed by atoms with E-state index in [1.165, 1.54) is 10.3 Å². The van der Waals surface area contributed by atoms with Crippen molar-refractivity contribution >= 4 is 22.7 Å². The topological polar surface area (TPSA) is 45.6 Å². The van der Waals surface area contributed by atoms with Gasteiger partial charge in [-0.3, -0.25) is 14.5 Å². The van der Waals surface area contributed by atoms with E-state index in [0.717, 1.165) is 11.1 Å². The molecule has 1 saturated heterocycles. The van der Waals surface area contributed by atoms with Crippen LogP contribution in [-0.2, 0) is 16.6 Å². The summed E-state index contributed by atoms with van der Waals surface area (Å²) in [5.41, 5.74) is 2.31. The number of amides is 2. The van der Waals surface area contributed by atoms with Gasteiger partial charge in [0.15, 0.2) is 0 Å². The Hall–Kier alpha value is -2.40. The summed E-state index contributed by atoms with van der Waals surface area (Å²) < 4.78 is 2.11. The highest BCUT2D eigenvalue weighted by atomic mass is 16.2. The van der Waals surface area contributed by atoms with Gasteiger partial charge in [0.1, 0.15) is 0 Å². The van der Waals surface area contributed by atoms with Gasteiger partial charge in [0.25, 0.3) is 0 Å². The van der Waals surface area contributed by atoms with E-state index in [9.17, 15) is 9.59 Å². The van der Waals surface area contributed by atoms with Crippen LogP contribution >= 0.6 is 0 Å². The van der Waals surface area contributed by atoms with E-state index in [-0.39, 0.29) is 29.7 Å². The Kier molecular flexibility index (Phi) is 4.19. The smallest absolute Gasteiger partial charge is 0.233 e. The van der Waals surface area contributed by atoms with Gasteiger partial charge in [-0.1, -0.05) is 30.4 Å². The van der Waals surface area contributed by atoms with Crippen molar-refractivity contribution in [2.45, 2.75) is 18.9 Å². The molecule has 136 valence electrons. The van der Waals surface area contributed by atoms with Gasteiger partial charge in [0.05, 0.1) is 17.9 Å². The molecule has 2 aliphatic rings. The summed E-state index contributed by atoms with van der Waals surface area (Å²) >= 11 is 0. The minimum absolute atomic E-state index is 0.00330. The van der Waals surface area contributed by atoms with Gasteiger partial charge in [0.2, 0.25) is 11.8 Å². The van der Waals surface area contributed by atoms with E-state index in [2.05, 4.69) is 27.8 Å². The second kappa shape index (κ2) is 6.40. The van der Waals surface area contributed by atoms with E-state index in [1.54, 1.807) is 0 Å². The highest BCUT2D eigenvalue weighted by Crippen LogP contribution is 2.37. The normalized spacial score (nSPS) is 23.9. The van der Waals surface area contributed by atoms with Gasteiger partial charge in [0, 0.05) is 30.7 Å². The molecule has 1 aromatic heterocycles. The summed E-state index contributed by atoms with van der Waals surface area (Å²) in [5.74, 6) is -0.335. The maximum absolute atomic E-state index is 12.9. The van der Waals surface area contributed by atoms with Crippen molar-refractivity contribution in [3.8, 4) is 0 Å². The molecule has 0 bridgehead atoms. The number of likely N-dealkylation sites (N-methyl/N-ethyl adjacent to an activating group) is 1. The largest absolute Gasteiger partial charge is 0.350 e. The quantitative estimate of drug-likeness (QED) is 0.628. The third kappa shape index (κ3) is 2.58. The second-order valence-electron chi connectivity index (χ2n) is 7.63. The maximum Gasteiger partial charge on any atom is 0.233 e. The number of aromatic nitrogens is 1. The zero-order valence-electron chi connectivity index (χ0n) is 15.6. The molecule has 26 heavy (non-hydrogen) atoms. The fourth-order valence-corrected chi connectivity index (χ4v) is 4.40. The number of allylic oxidation sites excluding steroid dienone is 2. The van der Waals surface area contributed by atoms with Crippen LogP contribution in [0.1, 0.15) is 24.4 Å². The maximum atomic E-state index is 12.9. The Morgan fingerprint density at radius 1 is 1.08 bits per heavy atom. The van der Waals surface area contributed by atoms with Crippen LogP contribution < -0.4 is 0 Å². The van der Waals surface area contributed by atoms with Crippen molar-refractivity contribution in [3.05, 3.63) is 48.2 Å².